The van der Waals surface area contributed by atoms with Crippen LogP contribution in [-0.2, 0) is 12.8 Å². The molecular formula is C15H19N3OS2. The number of thioether (sulfide) groups is 1. The Hall–Kier alpha value is -1.11. The third-order valence-electron chi connectivity index (χ3n) is 3.83. The molecule has 4 nitrogen and oxygen atoms in total. The smallest absolute Gasteiger partial charge is 0.170 e. The molecule has 2 unspecified atom stereocenters. The fourth-order valence-corrected chi connectivity index (χ4v) is 4.72. The van der Waals surface area contributed by atoms with Gasteiger partial charge < -0.3 is 10.5 Å². The van der Waals surface area contributed by atoms with Crippen LogP contribution in [0.15, 0.2) is 22.5 Å². The number of hydrogen-bond donors (Lipinski definition) is 1. The zero-order valence-electron chi connectivity index (χ0n) is 12.2. The fraction of sp³-hybridized carbons (Fsp3) is 0.467. The number of rotatable bonds is 4. The van der Waals surface area contributed by atoms with Gasteiger partial charge >= 0.3 is 0 Å². The van der Waals surface area contributed by atoms with Crippen LogP contribution in [0.2, 0.25) is 0 Å². The summed E-state index contributed by atoms with van der Waals surface area (Å²) in [4.78, 5) is 4.54. The minimum Gasteiger partial charge on any atom is -0.497 e. The minimum atomic E-state index is 0.0404. The lowest BCUT2D eigenvalue weighted by Crippen LogP contribution is -2.29. The van der Waals surface area contributed by atoms with Crippen molar-refractivity contribution < 1.29 is 4.74 Å². The van der Waals surface area contributed by atoms with Crippen molar-refractivity contribution in [2.24, 2.45) is 5.73 Å². The second-order valence-electron chi connectivity index (χ2n) is 5.12. The second-order valence-corrected chi connectivity index (χ2v) is 7.35. The van der Waals surface area contributed by atoms with E-state index < -0.39 is 0 Å². The van der Waals surface area contributed by atoms with E-state index in [0.717, 1.165) is 35.2 Å². The first-order valence-corrected chi connectivity index (χ1v) is 8.78. The summed E-state index contributed by atoms with van der Waals surface area (Å²) < 4.78 is 10.7. The van der Waals surface area contributed by atoms with E-state index in [4.69, 9.17) is 10.5 Å². The van der Waals surface area contributed by atoms with Gasteiger partial charge in [-0.1, -0.05) is 24.8 Å². The molecule has 0 radical (unpaired) electrons. The number of aromatic nitrogens is 2. The molecule has 2 aromatic rings. The van der Waals surface area contributed by atoms with E-state index in [1.165, 1.54) is 22.7 Å². The highest BCUT2D eigenvalue weighted by atomic mass is 32.2. The van der Waals surface area contributed by atoms with Crippen molar-refractivity contribution in [3.05, 3.63) is 35.2 Å². The molecule has 0 bridgehead atoms. The average molecular weight is 321 g/mol. The minimum absolute atomic E-state index is 0.0404. The Morgan fingerprint density at radius 3 is 3.05 bits per heavy atom. The highest BCUT2D eigenvalue weighted by Gasteiger charge is 2.28. The molecule has 0 saturated heterocycles. The first kappa shape index (κ1) is 14.8. The molecule has 0 aliphatic heterocycles. The number of nitrogens with zero attached hydrogens (tertiary/aromatic N) is 2. The fourth-order valence-electron chi connectivity index (χ4n) is 2.62. The first-order valence-electron chi connectivity index (χ1n) is 7.13. The molecule has 0 fully saturated rings. The van der Waals surface area contributed by atoms with Crippen molar-refractivity contribution in [1.82, 2.24) is 9.36 Å². The van der Waals surface area contributed by atoms with Gasteiger partial charge in [0.2, 0.25) is 0 Å². The third kappa shape index (κ3) is 3.07. The molecule has 6 heteroatoms. The van der Waals surface area contributed by atoms with Crippen LogP contribution in [0, 0.1) is 0 Å². The Labute approximate surface area is 133 Å². The third-order valence-corrected chi connectivity index (χ3v) is 6.01. The number of ether oxygens (including phenoxy) is 1. The number of benzene rings is 1. The van der Waals surface area contributed by atoms with E-state index in [1.54, 1.807) is 18.9 Å². The van der Waals surface area contributed by atoms with Gasteiger partial charge in [-0.05, 0) is 47.6 Å². The highest BCUT2D eigenvalue weighted by Crippen LogP contribution is 2.40. The van der Waals surface area contributed by atoms with Crippen LogP contribution >= 0.6 is 23.3 Å². The molecule has 2 N–H and O–H groups in total. The number of fused-ring (bicyclic) bond motifs is 1. The Balaban J connectivity index is 1.77. The monoisotopic (exact) mass is 321 g/mol. The van der Waals surface area contributed by atoms with Crippen molar-refractivity contribution in [3.63, 3.8) is 0 Å². The Kier molecular flexibility index (Phi) is 4.47. The molecule has 21 heavy (non-hydrogen) atoms. The number of methoxy groups -OCH3 is 1. The van der Waals surface area contributed by atoms with E-state index >= 15 is 0 Å². The van der Waals surface area contributed by atoms with Crippen molar-refractivity contribution >= 4 is 23.3 Å². The van der Waals surface area contributed by atoms with Crippen LogP contribution in [0.3, 0.4) is 0 Å². The zero-order valence-corrected chi connectivity index (χ0v) is 13.8. The number of nitrogens with two attached hydrogens (primary N) is 1. The van der Waals surface area contributed by atoms with Crippen LogP contribution < -0.4 is 10.5 Å². The predicted molar refractivity (Wildman–Crippen MR) is 87.2 cm³/mol. The molecule has 1 aromatic heterocycles. The quantitative estimate of drug-likeness (QED) is 0.937. The summed E-state index contributed by atoms with van der Waals surface area (Å²) >= 11 is 3.25. The van der Waals surface area contributed by atoms with Gasteiger partial charge in [0, 0.05) is 17.7 Å². The van der Waals surface area contributed by atoms with E-state index in [9.17, 15) is 0 Å². The summed E-state index contributed by atoms with van der Waals surface area (Å²) in [7, 11) is 1.70. The molecule has 0 amide bonds. The standard InChI is InChI=1S/C15H19N3OS2/c1-3-13-17-15(21-18-13)20-12-7-4-9-8-10(19-2)5-6-11(9)14(12)16/h5-6,8,12,14H,3-4,7,16H2,1-2H3. The van der Waals surface area contributed by atoms with Crippen molar-refractivity contribution in [2.75, 3.05) is 7.11 Å². The van der Waals surface area contributed by atoms with Crippen LogP contribution in [0.5, 0.6) is 5.75 Å². The van der Waals surface area contributed by atoms with Crippen LogP contribution in [0.25, 0.3) is 0 Å². The van der Waals surface area contributed by atoms with E-state index in [2.05, 4.69) is 28.4 Å². The number of aryl methyl sites for hydroxylation is 2. The van der Waals surface area contributed by atoms with E-state index in [0.29, 0.717) is 5.25 Å². The van der Waals surface area contributed by atoms with Crippen molar-refractivity contribution in [1.29, 1.82) is 0 Å². The van der Waals surface area contributed by atoms with Gasteiger partial charge in [0.15, 0.2) is 4.34 Å². The lowest BCUT2D eigenvalue weighted by Gasteiger charge is -2.30. The lowest BCUT2D eigenvalue weighted by molar-refractivity contribution is 0.413. The maximum Gasteiger partial charge on any atom is 0.170 e. The van der Waals surface area contributed by atoms with E-state index in [1.807, 2.05) is 6.07 Å². The molecule has 1 aliphatic rings. The Bertz CT molecular complexity index is 629. The molecule has 0 saturated carbocycles. The highest BCUT2D eigenvalue weighted by molar-refractivity contribution is 8.01. The van der Waals surface area contributed by atoms with Gasteiger partial charge in [0.25, 0.3) is 0 Å². The van der Waals surface area contributed by atoms with Crippen molar-refractivity contribution in [3.8, 4) is 5.75 Å². The van der Waals surface area contributed by atoms with Gasteiger partial charge in [-0.25, -0.2) is 4.98 Å². The van der Waals surface area contributed by atoms with Gasteiger partial charge in [-0.15, -0.1) is 0 Å². The van der Waals surface area contributed by atoms with Gasteiger partial charge in [-0.2, -0.15) is 4.37 Å². The van der Waals surface area contributed by atoms with Crippen LogP contribution in [-0.4, -0.2) is 21.7 Å². The molecule has 0 spiro atoms. The van der Waals surface area contributed by atoms with Crippen LogP contribution in [0.1, 0.15) is 36.3 Å². The molecule has 1 aromatic carbocycles. The lowest BCUT2D eigenvalue weighted by atomic mass is 9.87. The molecular weight excluding hydrogens is 302 g/mol. The maximum absolute atomic E-state index is 6.46. The summed E-state index contributed by atoms with van der Waals surface area (Å²) in [6, 6.07) is 6.24. The molecule has 2 atom stereocenters. The molecule has 1 heterocycles. The Morgan fingerprint density at radius 1 is 1.48 bits per heavy atom. The van der Waals surface area contributed by atoms with Gasteiger partial charge in [-0.3, -0.25) is 0 Å². The SMILES string of the molecule is CCc1nsc(SC2CCc3cc(OC)ccc3C2N)n1. The predicted octanol–water partition coefficient (Wildman–Crippen LogP) is 3.22. The maximum atomic E-state index is 6.46. The molecule has 112 valence electrons. The molecule has 3 rings (SSSR count). The van der Waals surface area contributed by atoms with Gasteiger partial charge in [0.05, 0.1) is 7.11 Å². The van der Waals surface area contributed by atoms with E-state index in [-0.39, 0.29) is 6.04 Å². The van der Waals surface area contributed by atoms with Crippen LogP contribution in [0.4, 0.5) is 0 Å². The second kappa shape index (κ2) is 6.34. The normalized spacial score (nSPS) is 21.1. The average Bonchev–Trinajstić information content (AvgIpc) is 2.97. The Morgan fingerprint density at radius 2 is 2.33 bits per heavy atom. The molecule has 1 aliphatic carbocycles. The largest absolute Gasteiger partial charge is 0.497 e. The topological polar surface area (TPSA) is 61.0 Å². The first-order chi connectivity index (χ1) is 10.2. The van der Waals surface area contributed by atoms with Crippen molar-refractivity contribution in [2.45, 2.75) is 41.8 Å². The van der Waals surface area contributed by atoms with Gasteiger partial charge in [0.1, 0.15) is 11.6 Å². The summed E-state index contributed by atoms with van der Waals surface area (Å²) in [5, 5.41) is 0.364. The number of hydrogen-bond acceptors (Lipinski definition) is 6. The summed E-state index contributed by atoms with van der Waals surface area (Å²) in [6.45, 7) is 2.08. The summed E-state index contributed by atoms with van der Waals surface area (Å²) in [5.74, 6) is 1.83. The zero-order chi connectivity index (χ0) is 14.8. The summed E-state index contributed by atoms with van der Waals surface area (Å²) in [6.07, 6.45) is 2.99. The summed E-state index contributed by atoms with van der Waals surface area (Å²) in [5.41, 5.74) is 9.01.